The van der Waals surface area contributed by atoms with Crippen molar-refractivity contribution in [2.24, 2.45) is 0 Å². The van der Waals surface area contributed by atoms with Crippen LogP contribution >= 0.6 is 0 Å². The number of anilines is 2. The average Bonchev–Trinajstić information content (AvgIpc) is 4.20. The molecule has 0 aliphatic carbocycles. The van der Waals surface area contributed by atoms with Crippen LogP contribution < -0.4 is 18.8 Å². The van der Waals surface area contributed by atoms with Gasteiger partial charge in [-0.15, -0.1) is 0 Å². The fourth-order valence-electron chi connectivity index (χ4n) is 10.3. The van der Waals surface area contributed by atoms with Crippen molar-refractivity contribution < 1.29 is 33.0 Å². The minimum absolute atomic E-state index is 0.0253. The van der Waals surface area contributed by atoms with Gasteiger partial charge in [-0.05, 0) is 130 Å². The Labute approximate surface area is 459 Å². The molecule has 404 valence electrons. The summed E-state index contributed by atoms with van der Waals surface area (Å²) in [5.74, 6) is 1.14. The molecule has 4 heterocycles. The van der Waals surface area contributed by atoms with Gasteiger partial charge in [-0.3, -0.25) is 24.0 Å². The summed E-state index contributed by atoms with van der Waals surface area (Å²) in [6.07, 6.45) is 3.76. The van der Waals surface area contributed by atoms with E-state index in [9.17, 15) is 4.79 Å². The molecule has 10 rings (SSSR count). The number of piperazine rings is 1. The van der Waals surface area contributed by atoms with Crippen molar-refractivity contribution in [1.29, 1.82) is 0 Å². The molecule has 6 aromatic carbocycles. The highest BCUT2D eigenvalue weighted by Crippen LogP contribution is 2.41. The fourth-order valence-corrected chi connectivity index (χ4v) is 11.3. The molecular weight excluding hydrogens is 993 g/mol. The number of carbonyl (C=O) groups is 3. The lowest BCUT2D eigenvalue weighted by atomic mass is 9.92. The van der Waals surface area contributed by atoms with Crippen LogP contribution in [-0.4, -0.2) is 109 Å². The van der Waals surface area contributed by atoms with E-state index in [0.717, 1.165) is 66.9 Å². The number of hydrogen-bond donors (Lipinski definition) is 0. The zero-order valence-corrected chi connectivity index (χ0v) is 47.7. The summed E-state index contributed by atoms with van der Waals surface area (Å²) in [5.41, 5.74) is 6.56. The molecule has 8 aromatic rings. The molecule has 0 bridgehead atoms. The molecule has 0 N–H and O–H groups in total. The van der Waals surface area contributed by atoms with Crippen LogP contribution in [0.5, 0.6) is 17.2 Å². The summed E-state index contributed by atoms with van der Waals surface area (Å²) in [7, 11) is 1.56. The first-order valence-corrected chi connectivity index (χ1v) is 29.9. The average molecular weight is 1070 g/mol. The molecule has 2 aliphatic heterocycles. The van der Waals surface area contributed by atoms with E-state index < -0.39 is 20.0 Å². The number of nitrogens with zero attached hydrogens (tertiary/aromatic N) is 6. The Hall–Kier alpha value is -7.65. The highest BCUT2D eigenvalue weighted by atomic mass is 28.4. The standard InChI is InChI=1S/C64H72N6O7Si/c1-63(2,3)76-62(73)67-31-30-46-37-49(26-29-55(46)67)70(48-24-27-51(28-25-48)77-78(9,10)64(4,5)6)61(72)54-42-69(56-23-17-16-22-52(54)56)57-39-58(74-8)59(75-43-44-18-12-11-13-19-44)38-53(57)60(71)68-40-47-21-15-14-20-45(47)36-50(68)41-66-34-32-65(7)33-35-66/h11-31,37-39,42,50H,32-36,40-41,43H2,1-10H3/t50-/m0/s1. The number of para-hydroxylation sites is 1. The molecule has 2 amide bonds. The SMILES string of the molecule is COc1cc(-n2cc(C(=O)N(c3ccc(O[Si](C)(C)C(C)(C)C)cc3)c3ccc4c(ccn4C(=O)OC(C)(C)C)c3)c3ccccc32)c(C(=O)N2Cc3ccccc3C[C@H]2CN2CCN(C)CC2)cc1OCc1ccccc1. The zero-order valence-electron chi connectivity index (χ0n) is 46.7. The maximum atomic E-state index is 16.0. The Morgan fingerprint density at radius 1 is 0.705 bits per heavy atom. The van der Waals surface area contributed by atoms with Gasteiger partial charge in [0.25, 0.3) is 11.8 Å². The van der Waals surface area contributed by atoms with Crippen LogP contribution in [0, 0.1) is 0 Å². The van der Waals surface area contributed by atoms with E-state index in [1.807, 2.05) is 158 Å². The van der Waals surface area contributed by atoms with Gasteiger partial charge in [0.2, 0.25) is 8.32 Å². The Bertz CT molecular complexity index is 3490. The van der Waals surface area contributed by atoms with Gasteiger partial charge in [0.1, 0.15) is 18.0 Å². The maximum absolute atomic E-state index is 16.0. The van der Waals surface area contributed by atoms with E-state index in [2.05, 4.69) is 68.9 Å². The summed E-state index contributed by atoms with van der Waals surface area (Å²) in [5, 5.41) is 1.40. The van der Waals surface area contributed by atoms with Crippen LogP contribution in [0.4, 0.5) is 16.2 Å². The minimum Gasteiger partial charge on any atom is -0.544 e. The molecule has 0 radical (unpaired) electrons. The molecule has 1 atom stereocenters. The van der Waals surface area contributed by atoms with Gasteiger partial charge in [-0.1, -0.05) is 93.6 Å². The molecule has 1 saturated heterocycles. The summed E-state index contributed by atoms with van der Waals surface area (Å²) in [6, 6.07) is 44.9. The van der Waals surface area contributed by atoms with Crippen molar-refractivity contribution in [2.75, 3.05) is 51.8 Å². The number of methoxy groups -OCH3 is 1. The second-order valence-corrected chi connectivity index (χ2v) is 28.0. The highest BCUT2D eigenvalue weighted by Gasteiger charge is 2.39. The van der Waals surface area contributed by atoms with Crippen molar-refractivity contribution in [3.8, 4) is 22.9 Å². The molecule has 2 aliphatic rings. The van der Waals surface area contributed by atoms with Gasteiger partial charge in [-0.2, -0.15) is 0 Å². The summed E-state index contributed by atoms with van der Waals surface area (Å²) in [4.78, 5) is 53.9. The maximum Gasteiger partial charge on any atom is 0.418 e. The number of fused-ring (bicyclic) bond motifs is 3. The van der Waals surface area contributed by atoms with Crippen molar-refractivity contribution in [2.45, 2.75) is 90.9 Å². The lowest BCUT2D eigenvalue weighted by Crippen LogP contribution is -2.53. The molecule has 0 unspecified atom stereocenters. The summed E-state index contributed by atoms with van der Waals surface area (Å²) < 4.78 is 28.6. The topological polar surface area (TPSA) is 111 Å². The smallest absolute Gasteiger partial charge is 0.418 e. The van der Waals surface area contributed by atoms with E-state index in [4.69, 9.17) is 18.6 Å². The normalized spacial score (nSPS) is 15.5. The Morgan fingerprint density at radius 3 is 2.09 bits per heavy atom. The largest absolute Gasteiger partial charge is 0.544 e. The Morgan fingerprint density at radius 2 is 1.38 bits per heavy atom. The Kier molecular flexibility index (Phi) is 14.9. The van der Waals surface area contributed by atoms with E-state index in [1.165, 1.54) is 10.1 Å². The van der Waals surface area contributed by atoms with Crippen molar-refractivity contribution >= 4 is 59.4 Å². The summed E-state index contributed by atoms with van der Waals surface area (Å²) >= 11 is 0. The first-order valence-electron chi connectivity index (χ1n) is 27.0. The van der Waals surface area contributed by atoms with Gasteiger partial charge in [0.05, 0.1) is 35.0 Å². The van der Waals surface area contributed by atoms with Crippen LogP contribution in [0.3, 0.4) is 0 Å². The van der Waals surface area contributed by atoms with E-state index in [-0.39, 0.29) is 29.5 Å². The number of benzene rings is 6. The van der Waals surface area contributed by atoms with E-state index in [0.29, 0.717) is 57.1 Å². The minimum atomic E-state index is -2.20. The van der Waals surface area contributed by atoms with Crippen molar-refractivity contribution in [1.82, 2.24) is 23.8 Å². The number of ether oxygens (including phenoxy) is 3. The van der Waals surface area contributed by atoms with Gasteiger partial charge in [-0.25, -0.2) is 4.79 Å². The molecular formula is C64H72N6O7Si. The number of likely N-dealkylation sites (N-methyl/N-ethyl adjacent to an activating group) is 1. The Balaban J connectivity index is 1.10. The molecule has 13 nitrogen and oxygen atoms in total. The predicted molar refractivity (Wildman–Crippen MR) is 313 cm³/mol. The fraction of sp³-hybridized carbons (Fsp3) is 0.328. The van der Waals surface area contributed by atoms with Crippen LogP contribution in [0.25, 0.3) is 27.5 Å². The molecule has 78 heavy (non-hydrogen) atoms. The van der Waals surface area contributed by atoms with Gasteiger partial charge >= 0.3 is 6.09 Å². The molecule has 0 saturated carbocycles. The van der Waals surface area contributed by atoms with Crippen molar-refractivity contribution in [3.05, 3.63) is 180 Å². The number of carbonyl (C=O) groups excluding carboxylic acids is 3. The van der Waals surface area contributed by atoms with E-state index in [1.54, 1.807) is 18.2 Å². The molecule has 2 aromatic heterocycles. The number of rotatable bonds is 13. The number of amides is 2. The highest BCUT2D eigenvalue weighted by molar-refractivity contribution is 6.74. The van der Waals surface area contributed by atoms with Crippen LogP contribution in [0.1, 0.15) is 78.9 Å². The molecule has 0 spiro atoms. The van der Waals surface area contributed by atoms with E-state index >= 15 is 9.59 Å². The van der Waals surface area contributed by atoms with Crippen LogP contribution in [0.15, 0.2) is 152 Å². The molecule has 14 heteroatoms. The monoisotopic (exact) mass is 1060 g/mol. The second-order valence-electron chi connectivity index (χ2n) is 23.3. The lowest BCUT2D eigenvalue weighted by molar-refractivity contribution is 0.0530. The first-order chi connectivity index (χ1) is 37.2. The van der Waals surface area contributed by atoms with Gasteiger partial charge in [0.15, 0.2) is 11.5 Å². The third-order valence-corrected chi connectivity index (χ3v) is 20.0. The van der Waals surface area contributed by atoms with Gasteiger partial charge in [0, 0.05) is 85.9 Å². The van der Waals surface area contributed by atoms with Crippen LogP contribution in [0.2, 0.25) is 18.1 Å². The van der Waals surface area contributed by atoms with Gasteiger partial charge < -0.3 is 33.0 Å². The quantitative estimate of drug-likeness (QED) is 0.104. The summed E-state index contributed by atoms with van der Waals surface area (Å²) in [6.45, 7) is 21.8. The molecule has 1 fully saturated rings. The third kappa shape index (κ3) is 11.2. The van der Waals surface area contributed by atoms with Crippen molar-refractivity contribution in [3.63, 3.8) is 0 Å². The zero-order chi connectivity index (χ0) is 55.1. The predicted octanol–water partition coefficient (Wildman–Crippen LogP) is 13.1. The third-order valence-electron chi connectivity index (χ3n) is 15.6. The lowest BCUT2D eigenvalue weighted by Gasteiger charge is -2.41. The van der Waals surface area contributed by atoms with Crippen LogP contribution in [-0.2, 0) is 24.3 Å². The number of aromatic nitrogens is 2. The number of hydrogen-bond acceptors (Lipinski definition) is 9. The second kappa shape index (κ2) is 21.6. The first kappa shape index (κ1) is 53.7.